The van der Waals surface area contributed by atoms with Gasteiger partial charge in [-0.15, -0.1) is 5.10 Å². The zero-order chi connectivity index (χ0) is 19.0. The van der Waals surface area contributed by atoms with Gasteiger partial charge in [0, 0.05) is 13.1 Å². The quantitative estimate of drug-likeness (QED) is 0.806. The lowest BCUT2D eigenvalue weighted by atomic mass is 9.86. The highest BCUT2D eigenvalue weighted by Crippen LogP contribution is 2.38. The summed E-state index contributed by atoms with van der Waals surface area (Å²) >= 11 is 0. The van der Waals surface area contributed by atoms with Crippen LogP contribution in [0.3, 0.4) is 0 Å². The van der Waals surface area contributed by atoms with Gasteiger partial charge in [-0.05, 0) is 57.1 Å². The summed E-state index contributed by atoms with van der Waals surface area (Å²) < 4.78 is 7.36. The van der Waals surface area contributed by atoms with Gasteiger partial charge in [0.25, 0.3) is 5.91 Å². The summed E-state index contributed by atoms with van der Waals surface area (Å²) in [6.45, 7) is 3.02. The summed E-state index contributed by atoms with van der Waals surface area (Å²) in [5, 5.41) is 12.8. The minimum Gasteiger partial charge on any atom is -0.438 e. The van der Waals surface area contributed by atoms with Gasteiger partial charge in [-0.25, -0.2) is 9.67 Å². The number of carbonyl (C=O) groups excluding carboxylic acids is 1. The Morgan fingerprint density at radius 2 is 2.07 bits per heavy atom. The number of aryl methyl sites for hydroxylation is 1. The summed E-state index contributed by atoms with van der Waals surface area (Å²) in [5.74, 6) is 1.07. The third kappa shape index (κ3) is 3.03. The molecule has 2 aromatic heterocycles. The standard InChI is InChI=1S/C18H27N7O2/c1-13-15(27-12-19-13)16(26)24-10-6-9-18(11-24,23(2)3)17-20-21-22-25(17)14-7-4-5-8-14/h12,14H,4-11H2,1-3H3. The molecule has 0 bridgehead atoms. The first-order valence-corrected chi connectivity index (χ1v) is 9.68. The van der Waals surface area contributed by atoms with Crippen LogP contribution in [-0.2, 0) is 5.54 Å². The van der Waals surface area contributed by atoms with E-state index in [-0.39, 0.29) is 5.91 Å². The number of likely N-dealkylation sites (N-methyl/N-ethyl adjacent to an activating group) is 1. The van der Waals surface area contributed by atoms with Crippen molar-refractivity contribution >= 4 is 5.91 Å². The molecule has 1 amide bonds. The molecule has 0 aromatic carbocycles. The maximum absolute atomic E-state index is 13.0. The maximum atomic E-state index is 13.0. The second-order valence-corrected chi connectivity index (χ2v) is 7.91. The fourth-order valence-electron chi connectivity index (χ4n) is 4.50. The second kappa shape index (κ2) is 7.03. The van der Waals surface area contributed by atoms with Gasteiger partial charge in [0.05, 0.1) is 11.7 Å². The van der Waals surface area contributed by atoms with E-state index in [0.29, 0.717) is 30.6 Å². The SMILES string of the molecule is Cc1ncoc1C(=O)N1CCCC(c2nnnn2C2CCCC2)(N(C)C)C1. The van der Waals surface area contributed by atoms with Crippen LogP contribution in [0.5, 0.6) is 0 Å². The summed E-state index contributed by atoms with van der Waals surface area (Å²) in [5.41, 5.74) is 0.213. The van der Waals surface area contributed by atoms with Gasteiger partial charge in [0.1, 0.15) is 5.54 Å². The van der Waals surface area contributed by atoms with Gasteiger partial charge in [-0.1, -0.05) is 12.8 Å². The molecule has 27 heavy (non-hydrogen) atoms. The fraction of sp³-hybridized carbons (Fsp3) is 0.722. The summed E-state index contributed by atoms with van der Waals surface area (Å²) in [6.07, 6.45) is 7.78. The minimum atomic E-state index is -0.409. The van der Waals surface area contributed by atoms with E-state index in [2.05, 4.69) is 25.4 Å². The average molecular weight is 373 g/mol. The Labute approximate surface area is 158 Å². The number of hydrogen-bond donors (Lipinski definition) is 0. The number of carbonyl (C=O) groups is 1. The lowest BCUT2D eigenvalue weighted by Crippen LogP contribution is -2.56. The highest BCUT2D eigenvalue weighted by Gasteiger charge is 2.46. The predicted octanol–water partition coefficient (Wildman–Crippen LogP) is 1.78. The Morgan fingerprint density at radius 1 is 1.30 bits per heavy atom. The van der Waals surface area contributed by atoms with Gasteiger partial charge < -0.3 is 9.32 Å². The lowest BCUT2D eigenvalue weighted by molar-refractivity contribution is 0.0231. The monoisotopic (exact) mass is 373 g/mol. The second-order valence-electron chi connectivity index (χ2n) is 7.91. The maximum Gasteiger partial charge on any atom is 0.291 e. The van der Waals surface area contributed by atoms with E-state index < -0.39 is 5.54 Å². The Hall–Kier alpha value is -2.29. The molecule has 4 rings (SSSR count). The summed E-state index contributed by atoms with van der Waals surface area (Å²) in [4.78, 5) is 21.1. The Kier molecular flexibility index (Phi) is 4.71. The topological polar surface area (TPSA) is 93.2 Å². The average Bonchev–Trinajstić information content (AvgIpc) is 3.41. The van der Waals surface area contributed by atoms with Crippen LogP contribution in [0, 0.1) is 6.92 Å². The minimum absolute atomic E-state index is 0.115. The van der Waals surface area contributed by atoms with Gasteiger partial charge in [-0.2, -0.15) is 0 Å². The summed E-state index contributed by atoms with van der Waals surface area (Å²) in [6, 6.07) is 0.356. The molecular formula is C18H27N7O2. The molecule has 3 heterocycles. The van der Waals surface area contributed by atoms with Crippen LogP contribution >= 0.6 is 0 Å². The number of aromatic nitrogens is 5. The number of amides is 1. The van der Waals surface area contributed by atoms with Crippen LogP contribution in [0.15, 0.2) is 10.8 Å². The largest absolute Gasteiger partial charge is 0.438 e. The molecule has 1 saturated heterocycles. The van der Waals surface area contributed by atoms with Crippen molar-refractivity contribution in [3.05, 3.63) is 23.7 Å². The van der Waals surface area contributed by atoms with E-state index in [0.717, 1.165) is 31.5 Å². The normalized spacial score (nSPS) is 24.1. The van der Waals surface area contributed by atoms with Crippen LogP contribution in [0.4, 0.5) is 0 Å². The first kappa shape index (κ1) is 18.1. The van der Waals surface area contributed by atoms with Crippen LogP contribution in [0.2, 0.25) is 0 Å². The zero-order valence-electron chi connectivity index (χ0n) is 16.3. The fourth-order valence-corrected chi connectivity index (χ4v) is 4.50. The number of nitrogens with zero attached hydrogens (tertiary/aromatic N) is 7. The Bertz CT molecular complexity index is 808. The van der Waals surface area contributed by atoms with Crippen LogP contribution in [-0.4, -0.2) is 68.1 Å². The molecule has 2 aromatic rings. The van der Waals surface area contributed by atoms with Gasteiger partial charge in [0.15, 0.2) is 12.2 Å². The van der Waals surface area contributed by atoms with Gasteiger partial charge >= 0.3 is 0 Å². The molecule has 2 fully saturated rings. The number of rotatable bonds is 4. The van der Waals surface area contributed by atoms with Crippen molar-refractivity contribution in [2.75, 3.05) is 27.2 Å². The van der Waals surface area contributed by atoms with Crippen molar-refractivity contribution in [2.45, 2.75) is 57.0 Å². The number of hydrogen-bond acceptors (Lipinski definition) is 7. The molecule has 2 aliphatic rings. The molecule has 0 N–H and O–H groups in total. The van der Waals surface area contributed by atoms with Crippen molar-refractivity contribution in [3.63, 3.8) is 0 Å². The Balaban J connectivity index is 1.67. The highest BCUT2D eigenvalue weighted by atomic mass is 16.3. The number of oxazole rings is 1. The third-order valence-electron chi connectivity index (χ3n) is 6.13. The molecular weight excluding hydrogens is 346 g/mol. The smallest absolute Gasteiger partial charge is 0.291 e. The van der Waals surface area contributed by atoms with Crippen molar-refractivity contribution < 1.29 is 9.21 Å². The Morgan fingerprint density at radius 3 is 2.74 bits per heavy atom. The van der Waals surface area contributed by atoms with E-state index in [1.807, 2.05) is 23.7 Å². The van der Waals surface area contributed by atoms with Gasteiger partial charge in [0.2, 0.25) is 5.76 Å². The summed E-state index contributed by atoms with van der Waals surface area (Å²) in [7, 11) is 4.09. The van der Waals surface area contributed by atoms with Gasteiger partial charge in [-0.3, -0.25) is 9.69 Å². The predicted molar refractivity (Wildman–Crippen MR) is 97.1 cm³/mol. The zero-order valence-corrected chi connectivity index (χ0v) is 16.3. The molecule has 1 aliphatic carbocycles. The first-order valence-electron chi connectivity index (χ1n) is 9.68. The van der Waals surface area contributed by atoms with E-state index in [9.17, 15) is 4.79 Å². The van der Waals surface area contributed by atoms with E-state index in [1.165, 1.54) is 19.2 Å². The molecule has 1 saturated carbocycles. The first-order chi connectivity index (χ1) is 13.0. The molecule has 1 atom stereocenters. The molecule has 1 aliphatic heterocycles. The number of piperidine rings is 1. The van der Waals surface area contributed by atoms with Crippen molar-refractivity contribution in [2.24, 2.45) is 0 Å². The number of tetrazole rings is 1. The third-order valence-corrected chi connectivity index (χ3v) is 6.13. The number of likely N-dealkylation sites (tertiary alicyclic amines) is 1. The molecule has 9 nitrogen and oxygen atoms in total. The van der Waals surface area contributed by atoms with Crippen LogP contribution < -0.4 is 0 Å². The van der Waals surface area contributed by atoms with Crippen molar-refractivity contribution in [1.29, 1.82) is 0 Å². The molecule has 0 spiro atoms. The lowest BCUT2D eigenvalue weighted by Gasteiger charge is -2.45. The van der Waals surface area contributed by atoms with Crippen LogP contribution in [0.1, 0.15) is 66.6 Å². The molecule has 146 valence electrons. The van der Waals surface area contributed by atoms with Crippen molar-refractivity contribution in [1.82, 2.24) is 35.0 Å². The molecule has 9 heteroatoms. The molecule has 0 radical (unpaired) electrons. The van der Waals surface area contributed by atoms with Crippen LogP contribution in [0.25, 0.3) is 0 Å². The highest BCUT2D eigenvalue weighted by molar-refractivity contribution is 5.92. The van der Waals surface area contributed by atoms with Crippen molar-refractivity contribution in [3.8, 4) is 0 Å². The van der Waals surface area contributed by atoms with E-state index in [4.69, 9.17) is 4.42 Å². The van der Waals surface area contributed by atoms with E-state index in [1.54, 1.807) is 6.92 Å². The van der Waals surface area contributed by atoms with E-state index >= 15 is 0 Å². The molecule has 1 unspecified atom stereocenters.